The minimum absolute atomic E-state index is 0.184. The van der Waals surface area contributed by atoms with Gasteiger partial charge in [-0.3, -0.25) is 4.79 Å². The molecule has 2 atom stereocenters. The van der Waals surface area contributed by atoms with Gasteiger partial charge in [-0.05, 0) is 42.4 Å². The number of carbonyl (C=O) groups is 1. The molecule has 0 N–H and O–H groups in total. The zero-order valence-electron chi connectivity index (χ0n) is 11.0. The highest BCUT2D eigenvalue weighted by Crippen LogP contribution is 2.44. The van der Waals surface area contributed by atoms with Gasteiger partial charge >= 0.3 is 0 Å². The van der Waals surface area contributed by atoms with Crippen LogP contribution in [0.15, 0.2) is 18.2 Å². The van der Waals surface area contributed by atoms with E-state index in [1.807, 2.05) is 24.1 Å². The van der Waals surface area contributed by atoms with Gasteiger partial charge in [0.25, 0.3) is 0 Å². The quantitative estimate of drug-likeness (QED) is 0.759. The van der Waals surface area contributed by atoms with E-state index in [1.165, 1.54) is 11.1 Å². The molecule has 1 aromatic rings. The third-order valence-corrected chi connectivity index (χ3v) is 4.45. The lowest BCUT2D eigenvalue weighted by Crippen LogP contribution is -2.44. The number of hydrogen-bond donors (Lipinski definition) is 0. The molecule has 1 amide bonds. The Morgan fingerprint density at radius 1 is 1.28 bits per heavy atom. The predicted molar refractivity (Wildman–Crippen MR) is 69.8 cm³/mol. The first kappa shape index (κ1) is 11.6. The van der Waals surface area contributed by atoms with Crippen molar-refractivity contribution in [3.63, 3.8) is 0 Å². The van der Waals surface area contributed by atoms with Crippen LogP contribution in [-0.2, 0) is 11.2 Å². The highest BCUT2D eigenvalue weighted by Gasteiger charge is 2.39. The molecule has 0 aromatic heterocycles. The summed E-state index contributed by atoms with van der Waals surface area (Å²) in [6.07, 6.45) is 2.99. The molecule has 1 fully saturated rings. The number of piperidine rings is 1. The average molecular weight is 245 g/mol. The van der Waals surface area contributed by atoms with E-state index in [9.17, 15) is 4.79 Å². The molecule has 2 aliphatic rings. The van der Waals surface area contributed by atoms with E-state index >= 15 is 0 Å². The molecule has 96 valence electrons. The number of fused-ring (bicyclic) bond motifs is 3. The van der Waals surface area contributed by atoms with Crippen LogP contribution in [-0.4, -0.2) is 31.5 Å². The Labute approximate surface area is 108 Å². The molecule has 3 rings (SSSR count). The third kappa shape index (κ3) is 1.61. The minimum atomic E-state index is 0.184. The van der Waals surface area contributed by atoms with E-state index in [0.717, 1.165) is 31.6 Å². The van der Waals surface area contributed by atoms with Crippen LogP contribution in [0.25, 0.3) is 0 Å². The fraction of sp³-hybridized carbons (Fsp3) is 0.533. The van der Waals surface area contributed by atoms with Gasteiger partial charge in [-0.2, -0.15) is 0 Å². The van der Waals surface area contributed by atoms with E-state index in [0.29, 0.717) is 11.8 Å². The lowest BCUT2D eigenvalue weighted by atomic mass is 9.71. The highest BCUT2D eigenvalue weighted by atomic mass is 16.5. The maximum Gasteiger partial charge on any atom is 0.226 e. The van der Waals surface area contributed by atoms with Gasteiger partial charge < -0.3 is 9.64 Å². The SMILES string of the molecule is COc1cccc2c1CC[C@@H]1C(=O)N(C)CC[C@@H]21. The first-order valence-corrected chi connectivity index (χ1v) is 6.63. The molecular formula is C15H19NO2. The van der Waals surface area contributed by atoms with E-state index in [1.54, 1.807) is 7.11 Å². The van der Waals surface area contributed by atoms with E-state index in [-0.39, 0.29) is 5.92 Å². The van der Waals surface area contributed by atoms with Gasteiger partial charge in [0.1, 0.15) is 5.75 Å². The van der Waals surface area contributed by atoms with Crippen molar-refractivity contribution < 1.29 is 9.53 Å². The summed E-state index contributed by atoms with van der Waals surface area (Å²) in [5, 5.41) is 0. The summed E-state index contributed by atoms with van der Waals surface area (Å²) in [5.41, 5.74) is 2.66. The van der Waals surface area contributed by atoms with Gasteiger partial charge in [0.15, 0.2) is 0 Å². The van der Waals surface area contributed by atoms with Crippen molar-refractivity contribution in [2.24, 2.45) is 5.92 Å². The van der Waals surface area contributed by atoms with Gasteiger partial charge in [-0.15, -0.1) is 0 Å². The molecule has 1 aliphatic heterocycles. The molecule has 3 nitrogen and oxygen atoms in total. The van der Waals surface area contributed by atoms with Crippen LogP contribution >= 0.6 is 0 Å². The maximum absolute atomic E-state index is 12.2. The molecule has 0 saturated carbocycles. The summed E-state index contributed by atoms with van der Waals surface area (Å²) in [5.74, 6) is 1.88. The highest BCUT2D eigenvalue weighted by molar-refractivity contribution is 5.81. The van der Waals surface area contributed by atoms with Crippen molar-refractivity contribution >= 4 is 5.91 Å². The summed E-state index contributed by atoms with van der Waals surface area (Å²) in [6.45, 7) is 0.872. The Hall–Kier alpha value is -1.51. The normalized spacial score (nSPS) is 26.6. The number of benzene rings is 1. The molecule has 18 heavy (non-hydrogen) atoms. The largest absolute Gasteiger partial charge is 0.496 e. The molecule has 0 radical (unpaired) electrons. The first-order chi connectivity index (χ1) is 8.72. The van der Waals surface area contributed by atoms with Gasteiger partial charge in [-0.1, -0.05) is 12.1 Å². The molecule has 3 heteroatoms. The maximum atomic E-state index is 12.2. The number of ether oxygens (including phenoxy) is 1. The zero-order valence-corrected chi connectivity index (χ0v) is 11.0. The Morgan fingerprint density at radius 3 is 2.89 bits per heavy atom. The molecular weight excluding hydrogens is 226 g/mol. The summed E-state index contributed by atoms with van der Waals surface area (Å²) < 4.78 is 5.44. The summed E-state index contributed by atoms with van der Waals surface area (Å²) in [4.78, 5) is 14.1. The van der Waals surface area contributed by atoms with Crippen LogP contribution in [0.1, 0.15) is 29.9 Å². The van der Waals surface area contributed by atoms with Crippen molar-refractivity contribution in [2.45, 2.75) is 25.2 Å². The van der Waals surface area contributed by atoms with Gasteiger partial charge in [0.05, 0.1) is 7.11 Å². The van der Waals surface area contributed by atoms with E-state index in [2.05, 4.69) is 6.07 Å². The predicted octanol–water partition coefficient (Wildman–Crippen LogP) is 2.20. The van der Waals surface area contributed by atoms with Crippen LogP contribution in [0.4, 0.5) is 0 Å². The lowest BCUT2D eigenvalue weighted by Gasteiger charge is -2.40. The van der Waals surface area contributed by atoms with Crippen LogP contribution in [0, 0.1) is 5.92 Å². The van der Waals surface area contributed by atoms with Crippen molar-refractivity contribution in [1.29, 1.82) is 0 Å². The van der Waals surface area contributed by atoms with Crippen LogP contribution in [0.5, 0.6) is 5.75 Å². The molecule has 1 saturated heterocycles. The fourth-order valence-electron chi connectivity index (χ4n) is 3.48. The second kappa shape index (κ2) is 4.30. The number of carbonyl (C=O) groups excluding carboxylic acids is 1. The van der Waals surface area contributed by atoms with Crippen molar-refractivity contribution in [3.8, 4) is 5.75 Å². The number of methoxy groups -OCH3 is 1. The second-order valence-corrected chi connectivity index (χ2v) is 5.33. The van der Waals surface area contributed by atoms with Crippen LogP contribution < -0.4 is 4.74 Å². The third-order valence-electron chi connectivity index (χ3n) is 4.45. The average Bonchev–Trinajstić information content (AvgIpc) is 2.41. The summed E-state index contributed by atoms with van der Waals surface area (Å²) >= 11 is 0. The number of amides is 1. The Balaban J connectivity index is 2.01. The van der Waals surface area contributed by atoms with E-state index in [4.69, 9.17) is 4.74 Å². The summed E-state index contributed by atoms with van der Waals surface area (Å²) in [6, 6.07) is 6.24. The first-order valence-electron chi connectivity index (χ1n) is 6.63. The number of nitrogens with zero attached hydrogens (tertiary/aromatic N) is 1. The molecule has 0 bridgehead atoms. The Morgan fingerprint density at radius 2 is 2.11 bits per heavy atom. The van der Waals surface area contributed by atoms with E-state index < -0.39 is 0 Å². The molecule has 1 aromatic carbocycles. The van der Waals surface area contributed by atoms with Crippen molar-refractivity contribution in [3.05, 3.63) is 29.3 Å². The van der Waals surface area contributed by atoms with Crippen molar-refractivity contribution in [1.82, 2.24) is 4.90 Å². The fourth-order valence-corrected chi connectivity index (χ4v) is 3.48. The van der Waals surface area contributed by atoms with Gasteiger partial charge in [0.2, 0.25) is 5.91 Å². The Kier molecular flexibility index (Phi) is 2.77. The lowest BCUT2D eigenvalue weighted by molar-refractivity contribution is -0.138. The standard InChI is InChI=1S/C15H19NO2/c1-16-9-8-11-10-4-3-5-14(18-2)12(10)6-7-13(11)15(16)17/h3-5,11,13H,6-9H2,1-2H3/t11-,13-/m0/s1. The van der Waals surface area contributed by atoms with Crippen molar-refractivity contribution in [2.75, 3.05) is 20.7 Å². The zero-order chi connectivity index (χ0) is 12.7. The number of rotatable bonds is 1. The smallest absolute Gasteiger partial charge is 0.226 e. The van der Waals surface area contributed by atoms with Crippen LogP contribution in [0.2, 0.25) is 0 Å². The Bertz CT molecular complexity index is 483. The molecule has 0 unspecified atom stereocenters. The molecule has 1 aliphatic carbocycles. The number of likely N-dealkylation sites (tertiary alicyclic amines) is 1. The molecule has 1 heterocycles. The van der Waals surface area contributed by atoms with Crippen LogP contribution in [0.3, 0.4) is 0 Å². The topological polar surface area (TPSA) is 29.5 Å². The number of hydrogen-bond acceptors (Lipinski definition) is 2. The van der Waals surface area contributed by atoms with Gasteiger partial charge in [0, 0.05) is 19.5 Å². The molecule has 0 spiro atoms. The van der Waals surface area contributed by atoms with Gasteiger partial charge in [-0.25, -0.2) is 0 Å². The summed E-state index contributed by atoms with van der Waals surface area (Å²) in [7, 11) is 3.64. The second-order valence-electron chi connectivity index (χ2n) is 5.33. The minimum Gasteiger partial charge on any atom is -0.496 e. The monoisotopic (exact) mass is 245 g/mol.